The van der Waals surface area contributed by atoms with Crippen LogP contribution in [0.5, 0.6) is 17.2 Å². The Morgan fingerprint density at radius 3 is 2.57 bits per heavy atom. The lowest BCUT2D eigenvalue weighted by Gasteiger charge is -2.14. The average Bonchev–Trinajstić information content (AvgIpc) is 3.18. The van der Waals surface area contributed by atoms with Crippen LogP contribution in [0, 0.1) is 5.82 Å². The van der Waals surface area contributed by atoms with Crippen LogP contribution in [-0.2, 0) is 13.0 Å². The van der Waals surface area contributed by atoms with Crippen molar-refractivity contribution in [2.24, 2.45) is 0 Å². The molecular weight excluding hydrogens is 379 g/mol. The van der Waals surface area contributed by atoms with Gasteiger partial charge in [0.15, 0.2) is 11.5 Å². The van der Waals surface area contributed by atoms with Crippen LogP contribution in [0.25, 0.3) is 10.4 Å². The number of hydrogen-bond acceptors (Lipinski definition) is 6. The number of nitrogens with one attached hydrogen (secondary N) is 1. The van der Waals surface area contributed by atoms with Crippen molar-refractivity contribution in [1.29, 1.82) is 0 Å². The number of aromatic nitrogens is 1. The number of hydrogen-bond donors (Lipinski definition) is 1. The van der Waals surface area contributed by atoms with E-state index in [1.165, 1.54) is 6.07 Å². The van der Waals surface area contributed by atoms with Crippen LogP contribution in [-0.4, -0.2) is 32.9 Å². The topological polar surface area (TPSA) is 52.6 Å². The second-order valence-corrected chi connectivity index (χ2v) is 7.17. The molecule has 0 saturated carbocycles. The number of methoxy groups -OCH3 is 3. The highest BCUT2D eigenvalue weighted by Crippen LogP contribution is 2.45. The summed E-state index contributed by atoms with van der Waals surface area (Å²) < 4.78 is 29.6. The average molecular weight is 402 g/mol. The first-order valence-corrected chi connectivity index (χ1v) is 9.67. The van der Waals surface area contributed by atoms with Crippen molar-refractivity contribution >= 4 is 11.3 Å². The highest BCUT2D eigenvalue weighted by molar-refractivity contribution is 7.15. The first-order chi connectivity index (χ1) is 13.7. The molecule has 3 rings (SSSR count). The summed E-state index contributed by atoms with van der Waals surface area (Å²) in [6.45, 7) is 1.40. The zero-order valence-corrected chi connectivity index (χ0v) is 16.9. The van der Waals surface area contributed by atoms with Crippen molar-refractivity contribution in [3.8, 4) is 27.7 Å². The zero-order valence-electron chi connectivity index (χ0n) is 16.1. The molecule has 1 heterocycles. The molecule has 0 radical (unpaired) electrons. The lowest BCUT2D eigenvalue weighted by atomic mass is 10.1. The molecule has 0 amide bonds. The van der Waals surface area contributed by atoms with Crippen LogP contribution < -0.4 is 19.5 Å². The van der Waals surface area contributed by atoms with Gasteiger partial charge in [0.1, 0.15) is 10.8 Å². The van der Waals surface area contributed by atoms with Crippen LogP contribution in [0.15, 0.2) is 42.6 Å². The van der Waals surface area contributed by atoms with Crippen molar-refractivity contribution in [2.45, 2.75) is 13.0 Å². The van der Waals surface area contributed by atoms with Gasteiger partial charge in [-0.15, -0.1) is 11.3 Å². The first kappa shape index (κ1) is 20.1. The number of benzene rings is 2. The fraction of sp³-hybridized carbons (Fsp3) is 0.286. The second kappa shape index (κ2) is 9.52. The van der Waals surface area contributed by atoms with E-state index in [1.807, 2.05) is 24.4 Å². The van der Waals surface area contributed by atoms with Gasteiger partial charge in [0.05, 0.1) is 26.2 Å². The molecule has 2 aromatic carbocycles. The summed E-state index contributed by atoms with van der Waals surface area (Å²) in [7, 11) is 4.79. The molecule has 0 atom stereocenters. The number of halogens is 1. The number of rotatable bonds is 9. The normalized spacial score (nSPS) is 10.7. The van der Waals surface area contributed by atoms with E-state index in [2.05, 4.69) is 10.3 Å². The Balaban J connectivity index is 1.65. The Kier molecular flexibility index (Phi) is 6.84. The van der Waals surface area contributed by atoms with E-state index < -0.39 is 0 Å². The predicted octanol–water partition coefficient (Wildman–Crippen LogP) is 4.31. The first-order valence-electron chi connectivity index (χ1n) is 8.85. The molecule has 7 heteroatoms. The smallest absolute Gasteiger partial charge is 0.203 e. The summed E-state index contributed by atoms with van der Waals surface area (Å²) >= 11 is 1.59. The second-order valence-electron chi connectivity index (χ2n) is 6.06. The molecule has 0 bridgehead atoms. The van der Waals surface area contributed by atoms with Crippen molar-refractivity contribution < 1.29 is 18.6 Å². The zero-order chi connectivity index (χ0) is 19.9. The van der Waals surface area contributed by atoms with Crippen LogP contribution in [0.3, 0.4) is 0 Å². The van der Waals surface area contributed by atoms with Gasteiger partial charge in [0.2, 0.25) is 5.75 Å². The van der Waals surface area contributed by atoms with Gasteiger partial charge < -0.3 is 19.5 Å². The third-order valence-electron chi connectivity index (χ3n) is 4.28. The fourth-order valence-corrected chi connectivity index (χ4v) is 3.84. The van der Waals surface area contributed by atoms with Gasteiger partial charge in [0, 0.05) is 18.3 Å². The number of ether oxygens (including phenoxy) is 3. The molecule has 0 aliphatic carbocycles. The summed E-state index contributed by atoms with van der Waals surface area (Å²) in [5.74, 6) is 1.60. The van der Waals surface area contributed by atoms with Crippen molar-refractivity contribution in [3.05, 3.63) is 59.0 Å². The Morgan fingerprint density at radius 2 is 1.86 bits per heavy atom. The summed E-state index contributed by atoms with van der Waals surface area (Å²) in [6, 6.07) is 10.5. The van der Waals surface area contributed by atoms with E-state index in [4.69, 9.17) is 14.2 Å². The van der Waals surface area contributed by atoms with Gasteiger partial charge in [0.25, 0.3) is 0 Å². The fourth-order valence-electron chi connectivity index (χ4n) is 2.93. The Bertz CT molecular complexity index is 930. The van der Waals surface area contributed by atoms with Gasteiger partial charge >= 0.3 is 0 Å². The molecule has 0 spiro atoms. The molecule has 3 aromatic rings. The summed E-state index contributed by atoms with van der Waals surface area (Å²) in [5.41, 5.74) is 1.88. The Hall–Kier alpha value is -2.64. The van der Waals surface area contributed by atoms with Gasteiger partial charge in [-0.25, -0.2) is 9.37 Å². The van der Waals surface area contributed by atoms with Crippen LogP contribution in [0.1, 0.15) is 10.6 Å². The van der Waals surface area contributed by atoms with Crippen molar-refractivity contribution in [3.63, 3.8) is 0 Å². The van der Waals surface area contributed by atoms with E-state index in [0.29, 0.717) is 23.8 Å². The standard InChI is InChI=1S/C21H23FN2O3S/c1-25-17-8-7-16(20(26-2)21(17)27-3)18-12-24-19(28-18)13-23-10-9-14-5-4-6-15(22)11-14/h4-8,11-12,23H,9-10,13H2,1-3H3. The predicted molar refractivity (Wildman–Crippen MR) is 109 cm³/mol. The van der Waals surface area contributed by atoms with Crippen molar-refractivity contribution in [2.75, 3.05) is 27.9 Å². The minimum Gasteiger partial charge on any atom is -0.493 e. The highest BCUT2D eigenvalue weighted by atomic mass is 32.1. The quantitative estimate of drug-likeness (QED) is 0.541. The lowest BCUT2D eigenvalue weighted by Crippen LogP contribution is -2.16. The van der Waals surface area contributed by atoms with E-state index in [1.54, 1.807) is 44.8 Å². The molecule has 28 heavy (non-hydrogen) atoms. The third kappa shape index (κ3) is 4.61. The Morgan fingerprint density at radius 1 is 1.04 bits per heavy atom. The number of nitrogens with zero attached hydrogens (tertiary/aromatic N) is 1. The van der Waals surface area contributed by atoms with E-state index >= 15 is 0 Å². The molecule has 1 N–H and O–H groups in total. The van der Waals surface area contributed by atoms with E-state index in [9.17, 15) is 4.39 Å². The molecular formula is C21H23FN2O3S. The van der Waals surface area contributed by atoms with Crippen molar-refractivity contribution in [1.82, 2.24) is 10.3 Å². The molecule has 0 aliphatic rings. The maximum absolute atomic E-state index is 13.2. The molecule has 5 nitrogen and oxygen atoms in total. The summed E-state index contributed by atoms with van der Waals surface area (Å²) in [4.78, 5) is 5.48. The third-order valence-corrected chi connectivity index (χ3v) is 5.31. The van der Waals surface area contributed by atoms with Crippen LogP contribution >= 0.6 is 11.3 Å². The maximum Gasteiger partial charge on any atom is 0.203 e. The lowest BCUT2D eigenvalue weighted by molar-refractivity contribution is 0.325. The molecule has 0 saturated heterocycles. The van der Waals surface area contributed by atoms with Gasteiger partial charge in [-0.05, 0) is 42.8 Å². The SMILES string of the molecule is COc1ccc(-c2cnc(CNCCc3cccc(F)c3)s2)c(OC)c1OC. The molecule has 0 unspecified atom stereocenters. The molecule has 1 aromatic heterocycles. The molecule has 0 fully saturated rings. The van der Waals surface area contributed by atoms with Gasteiger partial charge in [-0.3, -0.25) is 0 Å². The van der Waals surface area contributed by atoms with Gasteiger partial charge in [-0.2, -0.15) is 0 Å². The monoisotopic (exact) mass is 402 g/mol. The van der Waals surface area contributed by atoms with E-state index in [-0.39, 0.29) is 5.82 Å². The summed E-state index contributed by atoms with van der Waals surface area (Å²) in [6.07, 6.45) is 2.59. The number of thiazole rings is 1. The van der Waals surface area contributed by atoms with Crippen LogP contribution in [0.2, 0.25) is 0 Å². The summed E-state index contributed by atoms with van der Waals surface area (Å²) in [5, 5.41) is 4.32. The highest BCUT2D eigenvalue weighted by Gasteiger charge is 2.18. The van der Waals surface area contributed by atoms with Gasteiger partial charge in [-0.1, -0.05) is 12.1 Å². The Labute approximate surface area is 168 Å². The van der Waals surface area contributed by atoms with Crippen LogP contribution in [0.4, 0.5) is 4.39 Å². The minimum absolute atomic E-state index is 0.203. The largest absolute Gasteiger partial charge is 0.493 e. The minimum atomic E-state index is -0.203. The molecule has 0 aliphatic heterocycles. The van der Waals surface area contributed by atoms with E-state index in [0.717, 1.165) is 34.0 Å². The maximum atomic E-state index is 13.2. The molecule has 148 valence electrons.